The predicted octanol–water partition coefficient (Wildman–Crippen LogP) is 6.14. The van der Waals surface area contributed by atoms with Crippen molar-refractivity contribution in [1.82, 2.24) is 9.55 Å². The number of amides is 1. The van der Waals surface area contributed by atoms with E-state index in [9.17, 15) is 14.0 Å². The number of anilines is 1. The van der Waals surface area contributed by atoms with Gasteiger partial charge in [0.25, 0.3) is 5.56 Å². The topological polar surface area (TPSA) is 64.0 Å². The summed E-state index contributed by atoms with van der Waals surface area (Å²) in [5.41, 5.74) is 3.15. The molecule has 5 nitrogen and oxygen atoms in total. The Balaban J connectivity index is 1.62. The van der Waals surface area contributed by atoms with Gasteiger partial charge in [-0.1, -0.05) is 59.3 Å². The van der Waals surface area contributed by atoms with E-state index in [1.54, 1.807) is 6.08 Å². The van der Waals surface area contributed by atoms with E-state index in [1.165, 1.54) is 34.1 Å². The average molecular weight is 500 g/mol. The number of thioether (sulfide) groups is 1. The molecule has 0 bridgehead atoms. The molecule has 1 amide bonds. The van der Waals surface area contributed by atoms with Gasteiger partial charge in [0.05, 0.1) is 16.2 Å². The zero-order chi connectivity index (χ0) is 23.5. The Morgan fingerprint density at radius 1 is 1.30 bits per heavy atom. The second-order valence-electron chi connectivity index (χ2n) is 7.26. The number of thiophene rings is 1. The molecule has 0 saturated carbocycles. The Morgan fingerprint density at radius 2 is 2.06 bits per heavy atom. The van der Waals surface area contributed by atoms with Crippen molar-refractivity contribution in [2.45, 2.75) is 18.6 Å². The number of hydrogen-bond acceptors (Lipinski definition) is 5. The van der Waals surface area contributed by atoms with Crippen LogP contribution in [0.15, 0.2) is 70.5 Å². The third-order valence-corrected chi connectivity index (χ3v) is 7.01. The minimum absolute atomic E-state index is 0.0142. The number of nitrogens with zero attached hydrogens (tertiary/aromatic N) is 2. The maximum atomic E-state index is 13.4. The molecule has 0 saturated heterocycles. The second kappa shape index (κ2) is 9.91. The largest absolute Gasteiger partial charge is 0.325 e. The highest BCUT2D eigenvalue weighted by atomic mass is 35.5. The summed E-state index contributed by atoms with van der Waals surface area (Å²) in [6, 6.07) is 11.9. The lowest BCUT2D eigenvalue weighted by Crippen LogP contribution is -2.23. The van der Waals surface area contributed by atoms with Gasteiger partial charge in [-0.15, -0.1) is 17.9 Å². The summed E-state index contributed by atoms with van der Waals surface area (Å²) in [5, 5.41) is 5.51. The van der Waals surface area contributed by atoms with E-state index in [0.29, 0.717) is 21.1 Å². The van der Waals surface area contributed by atoms with Gasteiger partial charge in [-0.2, -0.15) is 0 Å². The molecule has 2 heterocycles. The number of allylic oxidation sites excluding steroid dienone is 1. The first kappa shape index (κ1) is 23.2. The summed E-state index contributed by atoms with van der Waals surface area (Å²) in [6.07, 6.45) is 1.62. The normalized spacial score (nSPS) is 11.0. The number of fused-ring (bicyclic) bond motifs is 1. The van der Waals surface area contributed by atoms with Crippen molar-refractivity contribution in [1.29, 1.82) is 0 Å². The van der Waals surface area contributed by atoms with Gasteiger partial charge in [-0.3, -0.25) is 14.2 Å². The first-order valence-corrected chi connectivity index (χ1v) is 12.2. The third kappa shape index (κ3) is 5.03. The summed E-state index contributed by atoms with van der Waals surface area (Å²) in [5.74, 6) is -0.870. The highest BCUT2D eigenvalue weighted by Gasteiger charge is 2.18. The lowest BCUT2D eigenvalue weighted by atomic mass is 10.1. The minimum atomic E-state index is -0.559. The SMILES string of the molecule is C=CCn1c(SCC(=O)Nc2ccc(F)c(Cl)c2)nc2scc(-c3ccc(C)cc3)c2c1=O. The highest BCUT2D eigenvalue weighted by molar-refractivity contribution is 7.99. The molecule has 0 aliphatic rings. The molecule has 0 radical (unpaired) electrons. The van der Waals surface area contributed by atoms with Crippen LogP contribution in [0.3, 0.4) is 0 Å². The fraction of sp³-hybridized carbons (Fsp3) is 0.125. The smallest absolute Gasteiger partial charge is 0.263 e. The van der Waals surface area contributed by atoms with Gasteiger partial charge in [-0.25, -0.2) is 9.37 Å². The van der Waals surface area contributed by atoms with Crippen LogP contribution in [0.25, 0.3) is 21.3 Å². The van der Waals surface area contributed by atoms with Gasteiger partial charge < -0.3 is 5.32 Å². The van der Waals surface area contributed by atoms with E-state index in [1.807, 2.05) is 36.6 Å². The van der Waals surface area contributed by atoms with Gasteiger partial charge in [0, 0.05) is 23.2 Å². The quantitative estimate of drug-likeness (QED) is 0.188. The number of halogens is 2. The zero-order valence-corrected chi connectivity index (χ0v) is 20.0. The van der Waals surface area contributed by atoms with Crippen molar-refractivity contribution in [2.24, 2.45) is 0 Å². The van der Waals surface area contributed by atoms with Gasteiger partial charge in [-0.05, 0) is 30.7 Å². The highest BCUT2D eigenvalue weighted by Crippen LogP contribution is 2.32. The molecule has 0 aliphatic carbocycles. The van der Waals surface area contributed by atoms with Crippen LogP contribution in [0.1, 0.15) is 5.56 Å². The molecule has 2 aromatic carbocycles. The third-order valence-electron chi connectivity index (χ3n) is 4.87. The van der Waals surface area contributed by atoms with Crippen molar-refractivity contribution in [3.05, 3.63) is 87.3 Å². The van der Waals surface area contributed by atoms with Crippen LogP contribution in [-0.4, -0.2) is 21.2 Å². The predicted molar refractivity (Wildman–Crippen MR) is 135 cm³/mol. The number of carbonyl (C=O) groups excluding carboxylic acids is 1. The monoisotopic (exact) mass is 499 g/mol. The van der Waals surface area contributed by atoms with Crippen molar-refractivity contribution in [3.8, 4) is 11.1 Å². The van der Waals surface area contributed by atoms with Crippen molar-refractivity contribution >= 4 is 56.5 Å². The summed E-state index contributed by atoms with van der Waals surface area (Å²) < 4.78 is 14.8. The Bertz CT molecular complexity index is 1410. The lowest BCUT2D eigenvalue weighted by Gasteiger charge is -2.11. The summed E-state index contributed by atoms with van der Waals surface area (Å²) in [6.45, 7) is 6.02. The molecule has 0 spiro atoms. The number of hydrogen-bond donors (Lipinski definition) is 1. The van der Waals surface area contributed by atoms with E-state index in [-0.39, 0.29) is 28.8 Å². The van der Waals surface area contributed by atoms with E-state index in [0.717, 1.165) is 28.5 Å². The van der Waals surface area contributed by atoms with E-state index in [4.69, 9.17) is 11.6 Å². The fourth-order valence-corrected chi connectivity index (χ4v) is 5.23. The second-order valence-corrected chi connectivity index (χ2v) is 9.47. The fourth-order valence-electron chi connectivity index (χ4n) is 3.25. The first-order chi connectivity index (χ1) is 15.9. The molecular weight excluding hydrogens is 481 g/mol. The Morgan fingerprint density at radius 3 is 2.76 bits per heavy atom. The Hall–Kier alpha value is -2.94. The molecule has 0 unspecified atom stereocenters. The van der Waals surface area contributed by atoms with Crippen LogP contribution in [-0.2, 0) is 11.3 Å². The number of aryl methyl sites for hydroxylation is 1. The summed E-state index contributed by atoms with van der Waals surface area (Å²) in [7, 11) is 0. The number of nitrogens with one attached hydrogen (secondary N) is 1. The van der Waals surface area contributed by atoms with Crippen LogP contribution in [0.2, 0.25) is 5.02 Å². The molecule has 0 fully saturated rings. The maximum Gasteiger partial charge on any atom is 0.263 e. The van der Waals surface area contributed by atoms with Gasteiger partial charge in [0.2, 0.25) is 5.91 Å². The molecular formula is C24H19ClFN3O2S2. The number of carbonyl (C=O) groups is 1. The molecule has 2 aromatic heterocycles. The number of rotatable bonds is 7. The standard InChI is InChI=1S/C24H19ClFN3O2S2/c1-3-10-29-23(31)21-17(15-6-4-14(2)5-7-15)12-32-22(21)28-24(29)33-13-20(30)27-16-8-9-19(26)18(25)11-16/h3-9,11-12H,1,10,13H2,2H3,(H,27,30). The van der Waals surface area contributed by atoms with E-state index >= 15 is 0 Å². The van der Waals surface area contributed by atoms with E-state index in [2.05, 4.69) is 16.9 Å². The molecule has 9 heteroatoms. The molecule has 33 heavy (non-hydrogen) atoms. The molecule has 1 N–H and O–H groups in total. The zero-order valence-electron chi connectivity index (χ0n) is 17.6. The average Bonchev–Trinajstić information content (AvgIpc) is 3.22. The van der Waals surface area contributed by atoms with Gasteiger partial charge in [0.15, 0.2) is 5.16 Å². The van der Waals surface area contributed by atoms with Crippen LogP contribution in [0, 0.1) is 12.7 Å². The van der Waals surface area contributed by atoms with Gasteiger partial charge in [0.1, 0.15) is 10.6 Å². The van der Waals surface area contributed by atoms with Crippen molar-refractivity contribution < 1.29 is 9.18 Å². The van der Waals surface area contributed by atoms with Crippen LogP contribution in [0.4, 0.5) is 10.1 Å². The van der Waals surface area contributed by atoms with Crippen LogP contribution < -0.4 is 10.9 Å². The number of aromatic nitrogens is 2. The van der Waals surface area contributed by atoms with E-state index < -0.39 is 5.82 Å². The molecule has 0 atom stereocenters. The minimum Gasteiger partial charge on any atom is -0.325 e. The Kier molecular flexibility index (Phi) is 6.97. The van der Waals surface area contributed by atoms with Crippen LogP contribution in [0.5, 0.6) is 0 Å². The molecule has 4 aromatic rings. The first-order valence-electron chi connectivity index (χ1n) is 9.95. The van der Waals surface area contributed by atoms with Crippen LogP contribution >= 0.6 is 34.7 Å². The maximum absolute atomic E-state index is 13.4. The van der Waals surface area contributed by atoms with Crippen molar-refractivity contribution in [2.75, 3.05) is 11.1 Å². The molecule has 0 aliphatic heterocycles. The number of benzene rings is 2. The summed E-state index contributed by atoms with van der Waals surface area (Å²) >= 11 is 8.31. The van der Waals surface area contributed by atoms with Gasteiger partial charge >= 0.3 is 0 Å². The van der Waals surface area contributed by atoms with Crippen molar-refractivity contribution in [3.63, 3.8) is 0 Å². The summed E-state index contributed by atoms with van der Waals surface area (Å²) in [4.78, 5) is 31.1. The Labute approximate surface area is 202 Å². The molecule has 4 rings (SSSR count). The lowest BCUT2D eigenvalue weighted by molar-refractivity contribution is -0.113. The molecule has 168 valence electrons.